The summed E-state index contributed by atoms with van der Waals surface area (Å²) in [6.07, 6.45) is 3.79. The summed E-state index contributed by atoms with van der Waals surface area (Å²) < 4.78 is 5.76. The highest BCUT2D eigenvalue weighted by molar-refractivity contribution is 5.38. The molecular formula is C17H24N2O2. The average Bonchev–Trinajstić information content (AvgIpc) is 2.45. The van der Waals surface area contributed by atoms with Crippen LogP contribution in [0.25, 0.3) is 0 Å². The van der Waals surface area contributed by atoms with Gasteiger partial charge in [0.15, 0.2) is 0 Å². The molecule has 4 heteroatoms. The fourth-order valence-corrected chi connectivity index (χ4v) is 2.43. The largest absolute Gasteiger partial charge is 0.492 e. The van der Waals surface area contributed by atoms with E-state index < -0.39 is 0 Å². The van der Waals surface area contributed by atoms with Gasteiger partial charge in [-0.25, -0.2) is 0 Å². The van der Waals surface area contributed by atoms with Crippen LogP contribution in [0, 0.1) is 11.8 Å². The third kappa shape index (κ3) is 5.05. The van der Waals surface area contributed by atoms with Crippen LogP contribution in [0.1, 0.15) is 24.8 Å². The van der Waals surface area contributed by atoms with Gasteiger partial charge in [0.1, 0.15) is 12.4 Å². The standard InChI is InChI=1S/C17H24N2O2/c18-10-2-3-15-6-8-17(9-7-15)21-14-12-19(11-13-20)16-4-1-5-16/h6-9,16,20H,1,4-5,10-14,18H2. The molecule has 0 amide bonds. The molecule has 4 nitrogen and oxygen atoms in total. The van der Waals surface area contributed by atoms with E-state index in [1.54, 1.807) is 0 Å². The lowest BCUT2D eigenvalue weighted by Gasteiger charge is -2.37. The van der Waals surface area contributed by atoms with Gasteiger partial charge < -0.3 is 15.6 Å². The molecule has 0 aliphatic heterocycles. The van der Waals surface area contributed by atoms with Crippen LogP contribution in [0.2, 0.25) is 0 Å². The normalized spacial score (nSPS) is 14.4. The number of nitrogens with two attached hydrogens (primary N) is 1. The van der Waals surface area contributed by atoms with Crippen LogP contribution in [0.4, 0.5) is 0 Å². The summed E-state index contributed by atoms with van der Waals surface area (Å²) in [7, 11) is 0. The van der Waals surface area contributed by atoms with Gasteiger partial charge in [0.05, 0.1) is 13.2 Å². The zero-order chi connectivity index (χ0) is 14.9. The van der Waals surface area contributed by atoms with Crippen LogP contribution < -0.4 is 10.5 Å². The maximum absolute atomic E-state index is 9.12. The van der Waals surface area contributed by atoms with Crippen LogP contribution in [0.15, 0.2) is 24.3 Å². The molecule has 1 saturated carbocycles. The second-order valence-electron chi connectivity index (χ2n) is 5.22. The average molecular weight is 288 g/mol. The summed E-state index contributed by atoms with van der Waals surface area (Å²) in [5, 5.41) is 9.12. The van der Waals surface area contributed by atoms with Crippen molar-refractivity contribution < 1.29 is 9.84 Å². The lowest BCUT2D eigenvalue weighted by atomic mass is 9.91. The second kappa shape index (κ2) is 8.68. The molecule has 0 aromatic heterocycles. The summed E-state index contributed by atoms with van der Waals surface area (Å²) in [4.78, 5) is 2.32. The van der Waals surface area contributed by atoms with E-state index in [-0.39, 0.29) is 6.61 Å². The lowest BCUT2D eigenvalue weighted by Crippen LogP contribution is -2.43. The number of benzene rings is 1. The molecule has 2 rings (SSSR count). The number of hydrogen-bond donors (Lipinski definition) is 2. The van der Waals surface area contributed by atoms with Gasteiger partial charge in [-0.05, 0) is 37.1 Å². The highest BCUT2D eigenvalue weighted by atomic mass is 16.5. The smallest absolute Gasteiger partial charge is 0.119 e. The van der Waals surface area contributed by atoms with Gasteiger partial charge in [0, 0.05) is 24.7 Å². The van der Waals surface area contributed by atoms with Crippen molar-refractivity contribution in [1.29, 1.82) is 0 Å². The third-order valence-electron chi connectivity index (χ3n) is 3.81. The summed E-state index contributed by atoms with van der Waals surface area (Å²) in [6.45, 7) is 2.83. The quantitative estimate of drug-likeness (QED) is 0.741. The van der Waals surface area contributed by atoms with E-state index in [1.165, 1.54) is 19.3 Å². The molecule has 1 aliphatic carbocycles. The van der Waals surface area contributed by atoms with Gasteiger partial charge in [-0.15, -0.1) is 0 Å². The van der Waals surface area contributed by atoms with Crippen molar-refractivity contribution in [1.82, 2.24) is 4.90 Å². The van der Waals surface area contributed by atoms with Crippen molar-refractivity contribution >= 4 is 0 Å². The van der Waals surface area contributed by atoms with Crippen molar-refractivity contribution in [2.24, 2.45) is 5.73 Å². The van der Waals surface area contributed by atoms with E-state index >= 15 is 0 Å². The summed E-state index contributed by atoms with van der Waals surface area (Å²) in [5.74, 6) is 6.67. The van der Waals surface area contributed by atoms with E-state index in [0.717, 1.165) is 24.4 Å². The maximum atomic E-state index is 9.12. The minimum Gasteiger partial charge on any atom is -0.492 e. The first-order valence-electron chi connectivity index (χ1n) is 7.60. The maximum Gasteiger partial charge on any atom is 0.119 e. The predicted molar refractivity (Wildman–Crippen MR) is 84.2 cm³/mol. The second-order valence-corrected chi connectivity index (χ2v) is 5.22. The summed E-state index contributed by atoms with van der Waals surface area (Å²) in [6, 6.07) is 8.38. The SMILES string of the molecule is NCC#Cc1ccc(OCCN(CCO)C2CCC2)cc1. The van der Waals surface area contributed by atoms with Crippen molar-refractivity contribution in [3.63, 3.8) is 0 Å². The zero-order valence-electron chi connectivity index (χ0n) is 12.4. The number of rotatable bonds is 7. The lowest BCUT2D eigenvalue weighted by molar-refractivity contribution is 0.0860. The molecule has 1 fully saturated rings. The fraction of sp³-hybridized carbons (Fsp3) is 0.529. The monoisotopic (exact) mass is 288 g/mol. The van der Waals surface area contributed by atoms with Gasteiger partial charge in [-0.1, -0.05) is 18.3 Å². The van der Waals surface area contributed by atoms with Crippen LogP contribution >= 0.6 is 0 Å². The molecule has 0 bridgehead atoms. The Morgan fingerprint density at radius 2 is 2.00 bits per heavy atom. The van der Waals surface area contributed by atoms with Crippen LogP contribution in [0.3, 0.4) is 0 Å². The number of nitrogens with zero attached hydrogens (tertiary/aromatic N) is 1. The van der Waals surface area contributed by atoms with E-state index in [1.807, 2.05) is 24.3 Å². The Hall–Kier alpha value is -1.54. The number of aliphatic hydroxyl groups excluding tert-OH is 1. The minimum atomic E-state index is 0.213. The van der Waals surface area contributed by atoms with Gasteiger partial charge in [0.25, 0.3) is 0 Å². The van der Waals surface area contributed by atoms with E-state index in [2.05, 4.69) is 16.7 Å². The molecule has 0 radical (unpaired) electrons. The molecule has 114 valence electrons. The predicted octanol–water partition coefficient (Wildman–Crippen LogP) is 1.22. The number of ether oxygens (including phenoxy) is 1. The topological polar surface area (TPSA) is 58.7 Å². The molecule has 0 atom stereocenters. The highest BCUT2D eigenvalue weighted by Gasteiger charge is 2.24. The summed E-state index contributed by atoms with van der Waals surface area (Å²) in [5.41, 5.74) is 6.29. The molecule has 1 aromatic carbocycles. The molecular weight excluding hydrogens is 264 g/mol. The van der Waals surface area contributed by atoms with Crippen molar-refractivity contribution in [2.45, 2.75) is 25.3 Å². The minimum absolute atomic E-state index is 0.213. The Labute approximate surface area is 126 Å². The Morgan fingerprint density at radius 3 is 2.57 bits per heavy atom. The molecule has 0 saturated heterocycles. The van der Waals surface area contributed by atoms with E-state index in [0.29, 0.717) is 19.2 Å². The Balaban J connectivity index is 1.76. The zero-order valence-corrected chi connectivity index (χ0v) is 12.4. The molecule has 0 heterocycles. The molecule has 0 spiro atoms. The summed E-state index contributed by atoms with van der Waals surface area (Å²) >= 11 is 0. The van der Waals surface area contributed by atoms with Crippen LogP contribution in [0.5, 0.6) is 5.75 Å². The van der Waals surface area contributed by atoms with Crippen LogP contribution in [-0.4, -0.2) is 48.9 Å². The number of aliphatic hydroxyl groups is 1. The first kappa shape index (κ1) is 15.8. The van der Waals surface area contributed by atoms with Crippen molar-refractivity contribution in [2.75, 3.05) is 32.8 Å². The van der Waals surface area contributed by atoms with E-state index in [9.17, 15) is 0 Å². The Kier molecular flexibility index (Phi) is 6.55. The van der Waals surface area contributed by atoms with Crippen molar-refractivity contribution in [3.05, 3.63) is 29.8 Å². The van der Waals surface area contributed by atoms with Crippen LogP contribution in [-0.2, 0) is 0 Å². The Bertz CT molecular complexity index is 472. The third-order valence-corrected chi connectivity index (χ3v) is 3.81. The highest BCUT2D eigenvalue weighted by Crippen LogP contribution is 2.24. The first-order valence-corrected chi connectivity index (χ1v) is 7.60. The van der Waals surface area contributed by atoms with Gasteiger partial charge in [0.2, 0.25) is 0 Å². The molecule has 1 aromatic rings. The fourth-order valence-electron chi connectivity index (χ4n) is 2.43. The van der Waals surface area contributed by atoms with Gasteiger partial charge >= 0.3 is 0 Å². The number of hydrogen-bond acceptors (Lipinski definition) is 4. The first-order chi connectivity index (χ1) is 10.3. The molecule has 21 heavy (non-hydrogen) atoms. The molecule has 3 N–H and O–H groups in total. The van der Waals surface area contributed by atoms with Gasteiger partial charge in [-0.3, -0.25) is 4.90 Å². The molecule has 0 unspecified atom stereocenters. The van der Waals surface area contributed by atoms with Crippen molar-refractivity contribution in [3.8, 4) is 17.6 Å². The van der Waals surface area contributed by atoms with Gasteiger partial charge in [-0.2, -0.15) is 0 Å². The van der Waals surface area contributed by atoms with E-state index in [4.69, 9.17) is 15.6 Å². The molecule has 1 aliphatic rings. The Morgan fingerprint density at radius 1 is 1.24 bits per heavy atom.